The molecule has 1 aliphatic heterocycles. The molecule has 1 atom stereocenters. The van der Waals surface area contributed by atoms with Gasteiger partial charge < -0.3 is 9.47 Å². The Hall–Kier alpha value is -2.81. The van der Waals surface area contributed by atoms with E-state index in [2.05, 4.69) is 15.0 Å². The number of carbonyl (C=O) groups is 1. The van der Waals surface area contributed by atoms with E-state index in [1.54, 1.807) is 29.7 Å². The van der Waals surface area contributed by atoms with Crippen LogP contribution in [0.4, 0.5) is 0 Å². The summed E-state index contributed by atoms with van der Waals surface area (Å²) in [7, 11) is -3.06. The number of sulfone groups is 1. The molecule has 1 amide bonds. The van der Waals surface area contributed by atoms with Crippen LogP contribution in [0.25, 0.3) is 11.2 Å². The molecule has 8 nitrogen and oxygen atoms in total. The summed E-state index contributed by atoms with van der Waals surface area (Å²) in [5.41, 5.74) is 2.72. The molecule has 0 aromatic carbocycles. The molecule has 0 bridgehead atoms. The minimum atomic E-state index is -3.06. The minimum Gasteiger partial charge on any atom is -0.338 e. The lowest BCUT2D eigenvalue weighted by Gasteiger charge is -2.32. The zero-order valence-corrected chi connectivity index (χ0v) is 17.0. The number of carbonyl (C=O) groups excluding carboxylic acids is 1. The van der Waals surface area contributed by atoms with Crippen molar-refractivity contribution in [1.82, 2.24) is 24.4 Å². The molecule has 9 heteroatoms. The van der Waals surface area contributed by atoms with Crippen molar-refractivity contribution >= 4 is 26.9 Å². The maximum absolute atomic E-state index is 12.9. The summed E-state index contributed by atoms with van der Waals surface area (Å²) in [5, 5.41) is 0. The average Bonchev–Trinajstić information content (AvgIpc) is 3.09. The highest BCUT2D eigenvalue weighted by molar-refractivity contribution is 7.90. The van der Waals surface area contributed by atoms with Gasteiger partial charge in [0, 0.05) is 31.7 Å². The lowest BCUT2D eigenvalue weighted by molar-refractivity contribution is 0.0684. The minimum absolute atomic E-state index is 0.0167. The lowest BCUT2D eigenvalue weighted by atomic mass is 9.99. The van der Waals surface area contributed by atoms with Gasteiger partial charge in [-0.2, -0.15) is 0 Å². The molecule has 0 saturated carbocycles. The molecular formula is C20H23N5O3S. The van der Waals surface area contributed by atoms with Crippen LogP contribution in [0.15, 0.2) is 43.0 Å². The van der Waals surface area contributed by atoms with Crippen LogP contribution in [0.5, 0.6) is 0 Å². The standard InChI is InChI=1S/C20H23N5O3S/c1-29(27,28)13-15-5-4-8-24(11-15)20(26)16-9-18-19(22-10-16)25(14-23-18)12-17-6-2-3-7-21-17/h2-3,6-7,9-10,14-15H,4-5,8,11-13H2,1H3. The van der Waals surface area contributed by atoms with E-state index in [1.165, 1.54) is 6.26 Å². The van der Waals surface area contributed by atoms with Gasteiger partial charge in [0.2, 0.25) is 0 Å². The number of amides is 1. The van der Waals surface area contributed by atoms with Gasteiger partial charge >= 0.3 is 0 Å². The number of piperidine rings is 1. The second-order valence-corrected chi connectivity index (χ2v) is 9.80. The Balaban J connectivity index is 1.51. The van der Waals surface area contributed by atoms with E-state index in [-0.39, 0.29) is 17.6 Å². The van der Waals surface area contributed by atoms with Gasteiger partial charge in [-0.1, -0.05) is 6.07 Å². The molecule has 0 radical (unpaired) electrons. The topological polar surface area (TPSA) is 98.0 Å². The zero-order valence-electron chi connectivity index (χ0n) is 16.2. The van der Waals surface area contributed by atoms with Crippen molar-refractivity contribution < 1.29 is 13.2 Å². The van der Waals surface area contributed by atoms with Crippen LogP contribution in [-0.4, -0.2) is 63.8 Å². The van der Waals surface area contributed by atoms with Gasteiger partial charge in [-0.05, 0) is 37.0 Å². The zero-order chi connectivity index (χ0) is 20.4. The highest BCUT2D eigenvalue weighted by atomic mass is 32.2. The van der Waals surface area contributed by atoms with Gasteiger partial charge in [0.25, 0.3) is 5.91 Å². The maximum Gasteiger partial charge on any atom is 0.255 e. The van der Waals surface area contributed by atoms with Crippen LogP contribution in [-0.2, 0) is 16.4 Å². The number of nitrogens with zero attached hydrogens (tertiary/aromatic N) is 5. The number of hydrogen-bond donors (Lipinski definition) is 0. The largest absolute Gasteiger partial charge is 0.338 e. The lowest BCUT2D eigenvalue weighted by Crippen LogP contribution is -2.41. The molecule has 3 aromatic rings. The molecule has 29 heavy (non-hydrogen) atoms. The van der Waals surface area contributed by atoms with E-state index in [0.717, 1.165) is 18.5 Å². The number of imidazole rings is 1. The van der Waals surface area contributed by atoms with Gasteiger partial charge in [-0.3, -0.25) is 9.78 Å². The van der Waals surface area contributed by atoms with Gasteiger partial charge in [0.1, 0.15) is 15.4 Å². The third kappa shape index (κ3) is 4.61. The van der Waals surface area contributed by atoms with Gasteiger partial charge in [0.15, 0.2) is 5.65 Å². The van der Waals surface area contributed by atoms with Crippen LogP contribution < -0.4 is 0 Å². The number of rotatable bonds is 5. The Labute approximate surface area is 169 Å². The number of fused-ring (bicyclic) bond motifs is 1. The average molecular weight is 414 g/mol. The highest BCUT2D eigenvalue weighted by Crippen LogP contribution is 2.21. The molecule has 1 aliphatic rings. The third-order valence-corrected chi connectivity index (χ3v) is 6.18. The van der Waals surface area contributed by atoms with E-state index in [0.29, 0.717) is 36.4 Å². The Morgan fingerprint density at radius 1 is 1.24 bits per heavy atom. The molecular weight excluding hydrogens is 390 g/mol. The smallest absolute Gasteiger partial charge is 0.255 e. The van der Waals surface area contributed by atoms with Crippen molar-refractivity contribution in [2.45, 2.75) is 19.4 Å². The SMILES string of the molecule is CS(=O)(=O)CC1CCCN(C(=O)c2cnc3c(c2)ncn3Cc2ccccn2)C1. The first-order valence-electron chi connectivity index (χ1n) is 9.57. The van der Waals surface area contributed by atoms with E-state index in [4.69, 9.17) is 0 Å². The summed E-state index contributed by atoms with van der Waals surface area (Å²) in [6, 6.07) is 7.49. The molecule has 4 heterocycles. The molecule has 0 spiro atoms. The second kappa shape index (κ2) is 7.90. The summed E-state index contributed by atoms with van der Waals surface area (Å²) in [4.78, 5) is 27.8. The van der Waals surface area contributed by atoms with Crippen molar-refractivity contribution in [2.75, 3.05) is 25.1 Å². The monoisotopic (exact) mass is 413 g/mol. The molecule has 1 unspecified atom stereocenters. The predicted octanol–water partition coefficient (Wildman–Crippen LogP) is 1.77. The van der Waals surface area contributed by atoms with E-state index in [1.807, 2.05) is 22.8 Å². The fourth-order valence-corrected chi connectivity index (χ4v) is 4.97. The molecule has 4 rings (SSSR count). The van der Waals surface area contributed by atoms with Crippen LogP contribution >= 0.6 is 0 Å². The summed E-state index contributed by atoms with van der Waals surface area (Å²) in [5.74, 6) is -0.0275. The normalized spacial score (nSPS) is 17.6. The molecule has 0 N–H and O–H groups in total. The number of likely N-dealkylation sites (tertiary alicyclic amines) is 1. The predicted molar refractivity (Wildman–Crippen MR) is 109 cm³/mol. The van der Waals surface area contributed by atoms with Crippen molar-refractivity contribution in [2.24, 2.45) is 5.92 Å². The van der Waals surface area contributed by atoms with Gasteiger partial charge in [-0.15, -0.1) is 0 Å². The van der Waals surface area contributed by atoms with E-state index in [9.17, 15) is 13.2 Å². The Morgan fingerprint density at radius 2 is 2.10 bits per heavy atom. The van der Waals surface area contributed by atoms with Gasteiger partial charge in [0.05, 0.1) is 29.9 Å². The maximum atomic E-state index is 12.9. The fraction of sp³-hybridized carbons (Fsp3) is 0.400. The molecule has 0 aliphatic carbocycles. The summed E-state index contributed by atoms with van der Waals surface area (Å²) >= 11 is 0. The quantitative estimate of drug-likeness (QED) is 0.632. The highest BCUT2D eigenvalue weighted by Gasteiger charge is 2.27. The van der Waals surface area contributed by atoms with E-state index >= 15 is 0 Å². The van der Waals surface area contributed by atoms with Crippen LogP contribution in [0.3, 0.4) is 0 Å². The van der Waals surface area contributed by atoms with Crippen molar-refractivity contribution in [3.8, 4) is 0 Å². The van der Waals surface area contributed by atoms with Crippen LogP contribution in [0.2, 0.25) is 0 Å². The molecule has 152 valence electrons. The number of hydrogen-bond acceptors (Lipinski definition) is 6. The summed E-state index contributed by atoms with van der Waals surface area (Å²) < 4.78 is 25.1. The van der Waals surface area contributed by atoms with Crippen LogP contribution in [0, 0.1) is 5.92 Å². The fourth-order valence-electron chi connectivity index (χ4n) is 3.84. The van der Waals surface area contributed by atoms with Gasteiger partial charge in [-0.25, -0.2) is 18.4 Å². The Bertz CT molecular complexity index is 1130. The van der Waals surface area contributed by atoms with Crippen molar-refractivity contribution in [3.63, 3.8) is 0 Å². The summed E-state index contributed by atoms with van der Waals surface area (Å²) in [6.07, 6.45) is 7.89. The molecule has 1 fully saturated rings. The first kappa shape index (κ1) is 19.5. The Morgan fingerprint density at radius 3 is 2.86 bits per heavy atom. The Kier molecular flexibility index (Phi) is 5.31. The second-order valence-electron chi connectivity index (χ2n) is 7.61. The van der Waals surface area contributed by atoms with E-state index < -0.39 is 9.84 Å². The first-order chi connectivity index (χ1) is 13.9. The van der Waals surface area contributed by atoms with Crippen LogP contribution in [0.1, 0.15) is 28.9 Å². The number of aromatic nitrogens is 4. The van der Waals surface area contributed by atoms with Crippen molar-refractivity contribution in [3.05, 3.63) is 54.2 Å². The third-order valence-electron chi connectivity index (χ3n) is 5.11. The number of pyridine rings is 2. The van der Waals surface area contributed by atoms with Crippen molar-refractivity contribution in [1.29, 1.82) is 0 Å². The molecule has 3 aromatic heterocycles. The summed E-state index contributed by atoms with van der Waals surface area (Å²) in [6.45, 7) is 1.64. The molecule has 1 saturated heterocycles. The first-order valence-corrected chi connectivity index (χ1v) is 11.6.